The number of nitrogens with zero attached hydrogens (tertiary/aromatic N) is 1. The highest BCUT2D eigenvalue weighted by atomic mass is 19.4. The quantitative estimate of drug-likeness (QED) is 0.591. The van der Waals surface area contributed by atoms with Crippen LogP contribution in [-0.2, 0) is 6.18 Å². The Bertz CT molecular complexity index is 569. The van der Waals surface area contributed by atoms with E-state index in [4.69, 9.17) is 5.84 Å². The van der Waals surface area contributed by atoms with Gasteiger partial charge < -0.3 is 10.7 Å². The molecule has 7 heteroatoms. The van der Waals surface area contributed by atoms with Gasteiger partial charge in [-0.25, -0.2) is 10.8 Å². The fourth-order valence-corrected chi connectivity index (χ4v) is 1.53. The number of alkyl halides is 3. The average Bonchev–Trinajstić information content (AvgIpc) is 2.38. The summed E-state index contributed by atoms with van der Waals surface area (Å²) >= 11 is 0. The van der Waals surface area contributed by atoms with E-state index in [0.29, 0.717) is 17.2 Å². The molecule has 4 nitrogen and oxygen atoms in total. The molecule has 0 atom stereocenters. The molecule has 100 valence electrons. The van der Waals surface area contributed by atoms with Crippen molar-refractivity contribution in [3.05, 3.63) is 48.2 Å². The van der Waals surface area contributed by atoms with E-state index in [0.717, 1.165) is 12.1 Å². The zero-order valence-electron chi connectivity index (χ0n) is 9.70. The van der Waals surface area contributed by atoms with E-state index < -0.39 is 11.7 Å². The summed E-state index contributed by atoms with van der Waals surface area (Å²) in [6, 6.07) is 8.15. The second kappa shape index (κ2) is 5.15. The maximum absolute atomic E-state index is 12.6. The van der Waals surface area contributed by atoms with Gasteiger partial charge in [-0.05, 0) is 24.3 Å². The number of anilines is 3. The topological polar surface area (TPSA) is 63.0 Å². The number of halogens is 3. The Morgan fingerprint density at radius 3 is 2.47 bits per heavy atom. The van der Waals surface area contributed by atoms with Gasteiger partial charge in [0.25, 0.3) is 0 Å². The van der Waals surface area contributed by atoms with Crippen molar-refractivity contribution >= 4 is 17.2 Å². The fraction of sp³-hybridized carbons (Fsp3) is 0.0833. The van der Waals surface area contributed by atoms with Crippen molar-refractivity contribution in [2.75, 3.05) is 10.7 Å². The van der Waals surface area contributed by atoms with E-state index in [9.17, 15) is 13.2 Å². The molecule has 1 aromatic carbocycles. The van der Waals surface area contributed by atoms with Crippen molar-refractivity contribution in [1.29, 1.82) is 0 Å². The maximum atomic E-state index is 12.6. The van der Waals surface area contributed by atoms with Crippen LogP contribution in [0.1, 0.15) is 5.56 Å². The van der Waals surface area contributed by atoms with Gasteiger partial charge in [0.05, 0.1) is 5.56 Å². The van der Waals surface area contributed by atoms with Gasteiger partial charge in [-0.1, -0.05) is 6.07 Å². The molecule has 2 rings (SSSR count). The summed E-state index contributed by atoms with van der Waals surface area (Å²) in [6.07, 6.45) is -2.87. The first kappa shape index (κ1) is 13.2. The first-order valence-electron chi connectivity index (χ1n) is 5.36. The highest BCUT2D eigenvalue weighted by Crippen LogP contribution is 2.31. The minimum atomic E-state index is -4.36. The summed E-state index contributed by atoms with van der Waals surface area (Å²) in [7, 11) is 0. The second-order valence-electron chi connectivity index (χ2n) is 3.78. The lowest BCUT2D eigenvalue weighted by molar-refractivity contribution is -0.137. The minimum Gasteiger partial charge on any atom is -0.355 e. The number of rotatable bonds is 3. The van der Waals surface area contributed by atoms with Crippen molar-refractivity contribution in [3.8, 4) is 0 Å². The summed E-state index contributed by atoms with van der Waals surface area (Å²) in [6.45, 7) is 0. The molecule has 0 unspecified atom stereocenters. The normalized spacial score (nSPS) is 11.2. The first-order valence-corrected chi connectivity index (χ1v) is 5.36. The molecule has 0 amide bonds. The van der Waals surface area contributed by atoms with Crippen LogP contribution >= 0.6 is 0 Å². The number of hydrogen-bond donors (Lipinski definition) is 3. The van der Waals surface area contributed by atoms with Crippen LogP contribution in [0, 0.1) is 0 Å². The summed E-state index contributed by atoms with van der Waals surface area (Å²) in [5.74, 6) is 5.62. The Labute approximate surface area is 107 Å². The van der Waals surface area contributed by atoms with E-state index >= 15 is 0 Å². The van der Waals surface area contributed by atoms with Crippen molar-refractivity contribution in [2.24, 2.45) is 5.84 Å². The third kappa shape index (κ3) is 3.35. The van der Waals surface area contributed by atoms with Crippen LogP contribution in [-0.4, -0.2) is 4.98 Å². The molecule has 0 spiro atoms. The fourth-order valence-electron chi connectivity index (χ4n) is 1.53. The van der Waals surface area contributed by atoms with Gasteiger partial charge in [-0.2, -0.15) is 13.2 Å². The van der Waals surface area contributed by atoms with Gasteiger partial charge in [0.1, 0.15) is 5.82 Å². The SMILES string of the molecule is NNc1cc(Nc2cccc(C(F)(F)F)c2)ccn1. The number of hydrazine groups is 1. The number of pyridine rings is 1. The van der Waals surface area contributed by atoms with E-state index in [2.05, 4.69) is 15.7 Å². The standard InChI is InChI=1S/C12H11F3N4/c13-12(14,15)8-2-1-3-9(6-8)18-10-4-5-17-11(7-10)19-16/h1-7H,16H2,(H2,17,18,19). The highest BCUT2D eigenvalue weighted by Gasteiger charge is 2.30. The molecule has 4 N–H and O–H groups in total. The lowest BCUT2D eigenvalue weighted by Crippen LogP contribution is -2.08. The Hall–Kier alpha value is -2.28. The van der Waals surface area contributed by atoms with Crippen molar-refractivity contribution in [3.63, 3.8) is 0 Å². The predicted molar refractivity (Wildman–Crippen MR) is 66.8 cm³/mol. The van der Waals surface area contributed by atoms with Crippen LogP contribution in [0.5, 0.6) is 0 Å². The number of benzene rings is 1. The summed E-state index contributed by atoms with van der Waals surface area (Å²) in [5.41, 5.74) is 2.58. The molecule has 0 radical (unpaired) electrons. The Kier molecular flexibility index (Phi) is 3.57. The molecule has 2 aromatic rings. The molecule has 0 saturated heterocycles. The molecule has 0 bridgehead atoms. The van der Waals surface area contributed by atoms with E-state index in [1.807, 2.05) is 0 Å². The van der Waals surface area contributed by atoms with Gasteiger partial charge in [0, 0.05) is 23.6 Å². The monoisotopic (exact) mass is 268 g/mol. The number of nitrogen functional groups attached to an aromatic ring is 1. The Morgan fingerprint density at radius 1 is 1.05 bits per heavy atom. The smallest absolute Gasteiger partial charge is 0.355 e. The molecule has 0 aliphatic carbocycles. The number of aromatic nitrogens is 1. The number of hydrogen-bond acceptors (Lipinski definition) is 4. The Morgan fingerprint density at radius 2 is 1.79 bits per heavy atom. The summed E-state index contributed by atoms with van der Waals surface area (Å²) in [5, 5.41) is 2.86. The van der Waals surface area contributed by atoms with Crippen LogP contribution in [0.2, 0.25) is 0 Å². The number of nitrogens with two attached hydrogens (primary N) is 1. The van der Waals surface area contributed by atoms with Crippen LogP contribution in [0.4, 0.5) is 30.4 Å². The zero-order valence-corrected chi connectivity index (χ0v) is 9.70. The molecular formula is C12H11F3N4. The molecule has 1 aromatic heterocycles. The lowest BCUT2D eigenvalue weighted by atomic mass is 10.2. The third-order valence-electron chi connectivity index (χ3n) is 2.39. The van der Waals surface area contributed by atoms with Crippen molar-refractivity contribution < 1.29 is 13.2 Å². The Balaban J connectivity index is 2.23. The van der Waals surface area contributed by atoms with Crippen LogP contribution in [0.15, 0.2) is 42.6 Å². The van der Waals surface area contributed by atoms with E-state index in [1.54, 1.807) is 18.2 Å². The average molecular weight is 268 g/mol. The molecule has 0 aliphatic rings. The minimum absolute atomic E-state index is 0.337. The van der Waals surface area contributed by atoms with Crippen molar-refractivity contribution in [1.82, 2.24) is 4.98 Å². The molecule has 19 heavy (non-hydrogen) atoms. The van der Waals surface area contributed by atoms with Gasteiger partial charge in [-0.3, -0.25) is 0 Å². The number of nitrogens with one attached hydrogen (secondary N) is 2. The molecule has 1 heterocycles. The molecule has 0 aliphatic heterocycles. The zero-order chi connectivity index (χ0) is 13.9. The van der Waals surface area contributed by atoms with Crippen LogP contribution < -0.4 is 16.6 Å². The van der Waals surface area contributed by atoms with Gasteiger partial charge >= 0.3 is 6.18 Å². The summed E-state index contributed by atoms with van der Waals surface area (Å²) < 4.78 is 37.7. The maximum Gasteiger partial charge on any atom is 0.416 e. The highest BCUT2D eigenvalue weighted by molar-refractivity contribution is 5.62. The van der Waals surface area contributed by atoms with Crippen LogP contribution in [0.3, 0.4) is 0 Å². The van der Waals surface area contributed by atoms with E-state index in [1.165, 1.54) is 12.3 Å². The summed E-state index contributed by atoms with van der Waals surface area (Å²) in [4.78, 5) is 3.90. The lowest BCUT2D eigenvalue weighted by Gasteiger charge is -2.11. The van der Waals surface area contributed by atoms with Gasteiger partial charge in [0.15, 0.2) is 0 Å². The largest absolute Gasteiger partial charge is 0.416 e. The molecular weight excluding hydrogens is 257 g/mol. The first-order chi connectivity index (χ1) is 8.99. The third-order valence-corrected chi connectivity index (χ3v) is 2.39. The predicted octanol–water partition coefficient (Wildman–Crippen LogP) is 3.13. The second-order valence-corrected chi connectivity index (χ2v) is 3.78. The molecule has 0 fully saturated rings. The molecule has 0 saturated carbocycles. The van der Waals surface area contributed by atoms with Gasteiger partial charge in [-0.15, -0.1) is 0 Å². The van der Waals surface area contributed by atoms with E-state index in [-0.39, 0.29) is 0 Å². The van der Waals surface area contributed by atoms with Gasteiger partial charge in [0.2, 0.25) is 0 Å². The van der Waals surface area contributed by atoms with Crippen molar-refractivity contribution in [2.45, 2.75) is 6.18 Å². The van der Waals surface area contributed by atoms with Crippen LogP contribution in [0.25, 0.3) is 0 Å².